The summed E-state index contributed by atoms with van der Waals surface area (Å²) in [7, 11) is 0. The zero-order chi connectivity index (χ0) is 19.7. The molecule has 9 heteroatoms. The summed E-state index contributed by atoms with van der Waals surface area (Å²) >= 11 is 12.3. The third-order valence-electron chi connectivity index (χ3n) is 5.57. The van der Waals surface area contributed by atoms with Crippen LogP contribution in [0.25, 0.3) is 0 Å². The first kappa shape index (κ1) is 19.2. The first-order chi connectivity index (χ1) is 13.5. The number of halogens is 2. The molecule has 1 aromatic heterocycles. The van der Waals surface area contributed by atoms with Crippen LogP contribution in [0.3, 0.4) is 0 Å². The molecule has 1 atom stereocenters. The number of hydrogen-bond donors (Lipinski definition) is 1. The second-order valence-electron chi connectivity index (χ2n) is 7.37. The van der Waals surface area contributed by atoms with Gasteiger partial charge in [0.1, 0.15) is 12.7 Å². The molecule has 0 radical (unpaired) electrons. The number of carbonyl (C=O) groups excluding carboxylic acids is 2. The predicted molar refractivity (Wildman–Crippen MR) is 106 cm³/mol. The van der Waals surface area contributed by atoms with Crippen LogP contribution in [0.1, 0.15) is 38.1 Å². The Bertz CT molecular complexity index is 865. The van der Waals surface area contributed by atoms with E-state index in [1.165, 1.54) is 0 Å². The van der Waals surface area contributed by atoms with Gasteiger partial charge < -0.3 is 10.2 Å². The van der Waals surface area contributed by atoms with Gasteiger partial charge in [-0.15, -0.1) is 0 Å². The molecular weight excluding hydrogens is 401 g/mol. The smallest absolute Gasteiger partial charge is 0.227 e. The van der Waals surface area contributed by atoms with Gasteiger partial charge in [-0.1, -0.05) is 29.3 Å². The standard InChI is InChI=1S/C19H21Cl2N5O2/c20-15-2-1-3-16(18(15)21)25-9-12(8-17(25)27)19(28)24-13-4-6-14(7-5-13)26-11-22-10-23-26/h1-3,10-14H,4-9H2,(H,24,28). The van der Waals surface area contributed by atoms with E-state index in [9.17, 15) is 9.59 Å². The lowest BCUT2D eigenvalue weighted by Gasteiger charge is -2.29. The van der Waals surface area contributed by atoms with Gasteiger partial charge >= 0.3 is 0 Å². The van der Waals surface area contributed by atoms with E-state index in [4.69, 9.17) is 23.2 Å². The third kappa shape index (κ3) is 3.86. The lowest BCUT2D eigenvalue weighted by atomic mass is 9.91. The number of benzene rings is 1. The molecule has 1 aliphatic heterocycles. The second-order valence-corrected chi connectivity index (χ2v) is 8.15. The Morgan fingerprint density at radius 2 is 1.96 bits per heavy atom. The molecule has 2 heterocycles. The van der Waals surface area contributed by atoms with Crippen molar-refractivity contribution < 1.29 is 9.59 Å². The number of nitrogens with zero attached hydrogens (tertiary/aromatic N) is 4. The lowest BCUT2D eigenvalue weighted by Crippen LogP contribution is -2.42. The van der Waals surface area contributed by atoms with Gasteiger partial charge in [0.05, 0.1) is 27.7 Å². The zero-order valence-electron chi connectivity index (χ0n) is 15.2. The highest BCUT2D eigenvalue weighted by Gasteiger charge is 2.37. The average molecular weight is 422 g/mol. The molecule has 28 heavy (non-hydrogen) atoms. The van der Waals surface area contributed by atoms with E-state index in [2.05, 4.69) is 15.4 Å². The SMILES string of the molecule is O=C(NC1CCC(n2cncn2)CC1)C1CC(=O)N(c2cccc(Cl)c2Cl)C1. The molecule has 1 aliphatic carbocycles. The van der Waals surface area contributed by atoms with Crippen molar-refractivity contribution in [1.82, 2.24) is 20.1 Å². The average Bonchev–Trinajstić information content (AvgIpc) is 3.35. The molecule has 1 aromatic carbocycles. The summed E-state index contributed by atoms with van der Waals surface area (Å²) < 4.78 is 1.89. The fraction of sp³-hybridized carbons (Fsp3) is 0.474. The monoisotopic (exact) mass is 421 g/mol. The fourth-order valence-electron chi connectivity index (χ4n) is 4.03. The van der Waals surface area contributed by atoms with Gasteiger partial charge in [-0.2, -0.15) is 5.10 Å². The summed E-state index contributed by atoms with van der Waals surface area (Å²) in [6, 6.07) is 5.64. The van der Waals surface area contributed by atoms with Crippen molar-refractivity contribution in [3.63, 3.8) is 0 Å². The van der Waals surface area contributed by atoms with Crippen molar-refractivity contribution in [3.05, 3.63) is 40.9 Å². The highest BCUT2D eigenvalue weighted by Crippen LogP contribution is 2.36. The molecule has 7 nitrogen and oxygen atoms in total. The molecule has 4 rings (SSSR count). The Morgan fingerprint density at radius 1 is 1.18 bits per heavy atom. The quantitative estimate of drug-likeness (QED) is 0.821. The van der Waals surface area contributed by atoms with E-state index in [1.54, 1.807) is 35.8 Å². The summed E-state index contributed by atoms with van der Waals surface area (Å²) in [4.78, 5) is 30.7. The van der Waals surface area contributed by atoms with Crippen LogP contribution in [0.2, 0.25) is 10.0 Å². The number of hydrogen-bond acceptors (Lipinski definition) is 4. The molecule has 1 saturated heterocycles. The number of amides is 2. The van der Waals surface area contributed by atoms with Crippen LogP contribution < -0.4 is 10.2 Å². The highest BCUT2D eigenvalue weighted by atomic mass is 35.5. The molecule has 1 N–H and O–H groups in total. The van der Waals surface area contributed by atoms with E-state index in [0.717, 1.165) is 25.7 Å². The summed E-state index contributed by atoms with van der Waals surface area (Å²) in [5.74, 6) is -0.562. The van der Waals surface area contributed by atoms with Crippen LogP contribution >= 0.6 is 23.2 Å². The molecule has 2 amide bonds. The van der Waals surface area contributed by atoms with Gasteiger partial charge in [0.25, 0.3) is 0 Å². The molecule has 1 saturated carbocycles. The third-order valence-corrected chi connectivity index (χ3v) is 6.38. The van der Waals surface area contributed by atoms with Crippen molar-refractivity contribution in [1.29, 1.82) is 0 Å². The molecule has 2 fully saturated rings. The largest absolute Gasteiger partial charge is 0.353 e. The minimum absolute atomic E-state index is 0.0711. The molecule has 0 bridgehead atoms. The van der Waals surface area contributed by atoms with E-state index >= 15 is 0 Å². The number of rotatable bonds is 4. The van der Waals surface area contributed by atoms with Gasteiger partial charge in [-0.3, -0.25) is 9.59 Å². The number of aromatic nitrogens is 3. The molecule has 2 aliphatic rings. The van der Waals surface area contributed by atoms with Crippen molar-refractivity contribution in [2.24, 2.45) is 5.92 Å². The van der Waals surface area contributed by atoms with Gasteiger partial charge in [-0.25, -0.2) is 9.67 Å². The van der Waals surface area contributed by atoms with Gasteiger partial charge in [0.2, 0.25) is 11.8 Å². The minimum Gasteiger partial charge on any atom is -0.353 e. The molecule has 148 valence electrons. The Kier molecular flexibility index (Phi) is 5.55. The molecule has 0 spiro atoms. The maximum Gasteiger partial charge on any atom is 0.227 e. The Labute approximate surface area is 173 Å². The maximum atomic E-state index is 12.7. The normalized spacial score (nSPS) is 25.1. The van der Waals surface area contributed by atoms with E-state index in [1.807, 2.05) is 4.68 Å². The van der Waals surface area contributed by atoms with Crippen LogP contribution in [0.15, 0.2) is 30.9 Å². The number of nitrogens with one attached hydrogen (secondary N) is 1. The molecule has 2 aromatic rings. The zero-order valence-corrected chi connectivity index (χ0v) is 16.7. The lowest BCUT2D eigenvalue weighted by molar-refractivity contribution is -0.127. The molecule has 1 unspecified atom stereocenters. The fourth-order valence-corrected chi connectivity index (χ4v) is 4.42. The highest BCUT2D eigenvalue weighted by molar-refractivity contribution is 6.44. The van der Waals surface area contributed by atoms with E-state index < -0.39 is 0 Å². The first-order valence-electron chi connectivity index (χ1n) is 9.42. The van der Waals surface area contributed by atoms with Crippen LogP contribution in [0.5, 0.6) is 0 Å². The van der Waals surface area contributed by atoms with Crippen molar-refractivity contribution >= 4 is 40.7 Å². The Morgan fingerprint density at radius 3 is 2.68 bits per heavy atom. The summed E-state index contributed by atoms with van der Waals surface area (Å²) in [6.45, 7) is 0.318. The topological polar surface area (TPSA) is 80.1 Å². The van der Waals surface area contributed by atoms with Crippen LogP contribution in [-0.4, -0.2) is 39.2 Å². The number of anilines is 1. The Balaban J connectivity index is 1.33. The van der Waals surface area contributed by atoms with Gasteiger partial charge in [0.15, 0.2) is 0 Å². The number of carbonyl (C=O) groups is 2. The predicted octanol–water partition coefficient (Wildman–Crippen LogP) is 3.24. The van der Waals surface area contributed by atoms with Gasteiger partial charge in [0, 0.05) is 19.0 Å². The van der Waals surface area contributed by atoms with Crippen LogP contribution in [0, 0.1) is 5.92 Å². The minimum atomic E-state index is -0.379. The van der Waals surface area contributed by atoms with Crippen molar-refractivity contribution in [2.75, 3.05) is 11.4 Å². The van der Waals surface area contributed by atoms with Crippen molar-refractivity contribution in [3.8, 4) is 0 Å². The second kappa shape index (κ2) is 8.09. The maximum absolute atomic E-state index is 12.7. The van der Waals surface area contributed by atoms with Crippen molar-refractivity contribution in [2.45, 2.75) is 44.2 Å². The molecular formula is C19H21Cl2N5O2. The van der Waals surface area contributed by atoms with Crippen LogP contribution in [0.4, 0.5) is 5.69 Å². The van der Waals surface area contributed by atoms with Crippen LogP contribution in [-0.2, 0) is 9.59 Å². The first-order valence-corrected chi connectivity index (χ1v) is 10.2. The summed E-state index contributed by atoms with van der Waals surface area (Å²) in [5.41, 5.74) is 0.558. The van der Waals surface area contributed by atoms with Gasteiger partial charge in [-0.05, 0) is 37.8 Å². The summed E-state index contributed by atoms with van der Waals surface area (Å²) in [5, 5.41) is 8.06. The Hall–Kier alpha value is -2.12. The van der Waals surface area contributed by atoms with E-state index in [-0.39, 0.29) is 30.2 Å². The van der Waals surface area contributed by atoms with E-state index in [0.29, 0.717) is 28.3 Å². The summed E-state index contributed by atoms with van der Waals surface area (Å²) in [6.07, 6.45) is 7.14.